The van der Waals surface area contributed by atoms with Crippen LogP contribution in [0.2, 0.25) is 0 Å². The van der Waals surface area contributed by atoms with Gasteiger partial charge in [0.05, 0.1) is 11.4 Å². The number of nitrogens with two attached hydrogens (primary N) is 1. The van der Waals surface area contributed by atoms with Crippen LogP contribution in [0.4, 0.5) is 21.5 Å². The van der Waals surface area contributed by atoms with Crippen LogP contribution in [0.1, 0.15) is 63.9 Å². The summed E-state index contributed by atoms with van der Waals surface area (Å²) >= 11 is 0. The SMILES string of the molecule is CC/C=C\C/C=C\C/C=C\C/C=C\C/C=C\CCCC(=O)ONc1ccc(NCc2ccc(F)cc2)cc1N. The van der Waals surface area contributed by atoms with Gasteiger partial charge in [0.1, 0.15) is 5.82 Å². The maximum Gasteiger partial charge on any atom is 0.332 e. The van der Waals surface area contributed by atoms with Crippen molar-refractivity contribution >= 4 is 23.0 Å². The van der Waals surface area contributed by atoms with Crippen LogP contribution in [0.5, 0.6) is 0 Å². The lowest BCUT2D eigenvalue weighted by atomic mass is 10.2. The quantitative estimate of drug-likeness (QED) is 0.0775. The molecule has 0 bridgehead atoms. The van der Waals surface area contributed by atoms with Gasteiger partial charge in [-0.1, -0.05) is 79.8 Å². The van der Waals surface area contributed by atoms with Crippen LogP contribution in [0.25, 0.3) is 0 Å². The Kier molecular flexibility index (Phi) is 16.0. The molecule has 0 fully saturated rings. The summed E-state index contributed by atoms with van der Waals surface area (Å²) < 4.78 is 13.0. The number of hydrogen-bond donors (Lipinski definition) is 3. The number of nitrogens with one attached hydrogen (secondary N) is 2. The van der Waals surface area contributed by atoms with E-state index >= 15 is 0 Å². The van der Waals surface area contributed by atoms with Crippen molar-refractivity contribution in [2.75, 3.05) is 16.5 Å². The highest BCUT2D eigenvalue weighted by molar-refractivity contribution is 5.74. The Morgan fingerprint density at radius 1 is 0.846 bits per heavy atom. The zero-order chi connectivity index (χ0) is 28.0. The average Bonchev–Trinajstić information content (AvgIpc) is 2.94. The van der Waals surface area contributed by atoms with E-state index in [0.29, 0.717) is 30.8 Å². The highest BCUT2D eigenvalue weighted by Crippen LogP contribution is 2.23. The number of carbonyl (C=O) groups is 1. The minimum Gasteiger partial charge on any atom is -0.397 e. The van der Waals surface area contributed by atoms with Crippen molar-refractivity contribution in [1.82, 2.24) is 0 Å². The molecule has 4 N–H and O–H groups in total. The second-order valence-corrected chi connectivity index (χ2v) is 8.96. The van der Waals surface area contributed by atoms with Gasteiger partial charge in [-0.25, -0.2) is 14.7 Å². The molecule has 2 aromatic carbocycles. The van der Waals surface area contributed by atoms with Gasteiger partial charge in [-0.2, -0.15) is 0 Å². The predicted octanol–water partition coefficient (Wildman–Crippen LogP) is 8.81. The fourth-order valence-corrected chi connectivity index (χ4v) is 3.47. The Labute approximate surface area is 233 Å². The molecule has 2 aromatic rings. The molecule has 2 rings (SSSR count). The van der Waals surface area contributed by atoms with Crippen molar-refractivity contribution in [1.29, 1.82) is 0 Å². The number of carbonyl (C=O) groups excluding carboxylic acids is 1. The minimum absolute atomic E-state index is 0.262. The molecule has 208 valence electrons. The smallest absolute Gasteiger partial charge is 0.332 e. The number of allylic oxidation sites excluding steroid dienone is 10. The zero-order valence-corrected chi connectivity index (χ0v) is 23.0. The van der Waals surface area contributed by atoms with E-state index in [2.05, 4.69) is 78.5 Å². The van der Waals surface area contributed by atoms with Crippen molar-refractivity contribution in [2.24, 2.45) is 0 Å². The van der Waals surface area contributed by atoms with E-state index in [-0.39, 0.29) is 11.8 Å². The molecule has 6 heteroatoms. The third kappa shape index (κ3) is 15.1. The maximum absolute atomic E-state index is 13.0. The maximum atomic E-state index is 13.0. The summed E-state index contributed by atoms with van der Waals surface area (Å²) in [6.45, 7) is 2.68. The second-order valence-electron chi connectivity index (χ2n) is 8.96. The third-order valence-corrected chi connectivity index (χ3v) is 5.65. The van der Waals surface area contributed by atoms with Crippen LogP contribution in [0.3, 0.4) is 0 Å². The van der Waals surface area contributed by atoms with Crippen molar-refractivity contribution in [3.8, 4) is 0 Å². The third-order valence-electron chi connectivity index (χ3n) is 5.65. The Bertz CT molecular complexity index is 1120. The van der Waals surface area contributed by atoms with Crippen molar-refractivity contribution < 1.29 is 14.0 Å². The summed E-state index contributed by atoms with van der Waals surface area (Å²) in [5.74, 6) is -0.595. The summed E-state index contributed by atoms with van der Waals surface area (Å²) in [7, 11) is 0. The van der Waals surface area contributed by atoms with Crippen LogP contribution in [0.15, 0.2) is 103 Å². The summed E-state index contributed by atoms with van der Waals surface area (Å²) in [6, 6.07) is 11.6. The number of anilines is 3. The lowest BCUT2D eigenvalue weighted by Gasteiger charge is -2.12. The van der Waals surface area contributed by atoms with Crippen molar-refractivity contribution in [2.45, 2.75) is 64.8 Å². The van der Waals surface area contributed by atoms with Crippen molar-refractivity contribution in [3.05, 3.63) is 115 Å². The van der Waals surface area contributed by atoms with Gasteiger partial charge in [-0.05, 0) is 80.8 Å². The molecular weight excluding hydrogens is 489 g/mol. The molecule has 0 radical (unpaired) electrons. The Balaban J connectivity index is 1.53. The van der Waals surface area contributed by atoms with Crippen LogP contribution in [0, 0.1) is 5.82 Å². The highest BCUT2D eigenvalue weighted by atomic mass is 19.1. The lowest BCUT2D eigenvalue weighted by Crippen LogP contribution is -2.11. The van der Waals surface area contributed by atoms with Gasteiger partial charge in [0, 0.05) is 18.7 Å². The molecule has 5 nitrogen and oxygen atoms in total. The highest BCUT2D eigenvalue weighted by Gasteiger charge is 2.06. The van der Waals surface area contributed by atoms with Crippen LogP contribution < -0.4 is 16.5 Å². The molecule has 0 aliphatic carbocycles. The van der Waals surface area contributed by atoms with Gasteiger partial charge in [-0.3, -0.25) is 0 Å². The molecule has 0 unspecified atom stereocenters. The first-order valence-electron chi connectivity index (χ1n) is 13.7. The molecule has 0 heterocycles. The van der Waals surface area contributed by atoms with Gasteiger partial charge in [0.2, 0.25) is 0 Å². The Hall–Kier alpha value is -4.06. The fraction of sp³-hybridized carbons (Fsp3) is 0.303. The molecule has 39 heavy (non-hydrogen) atoms. The first-order chi connectivity index (χ1) is 19.1. The number of hydrogen-bond acceptors (Lipinski definition) is 5. The monoisotopic (exact) mass is 531 g/mol. The molecule has 0 aliphatic heterocycles. The van der Waals surface area contributed by atoms with Gasteiger partial charge in [-0.15, -0.1) is 0 Å². The van der Waals surface area contributed by atoms with Gasteiger partial charge in [0.25, 0.3) is 0 Å². The molecular formula is C33H42FN3O2. The molecule has 0 aromatic heterocycles. The fourth-order valence-electron chi connectivity index (χ4n) is 3.47. The van der Waals surface area contributed by atoms with Crippen LogP contribution in [-0.2, 0) is 16.2 Å². The van der Waals surface area contributed by atoms with Crippen molar-refractivity contribution in [3.63, 3.8) is 0 Å². The van der Waals surface area contributed by atoms with E-state index in [0.717, 1.165) is 49.8 Å². The molecule has 0 aliphatic rings. The van der Waals surface area contributed by atoms with Gasteiger partial charge in [0.15, 0.2) is 0 Å². The predicted molar refractivity (Wildman–Crippen MR) is 163 cm³/mol. The van der Waals surface area contributed by atoms with E-state index in [9.17, 15) is 9.18 Å². The summed E-state index contributed by atoms with van der Waals surface area (Å²) in [5.41, 5.74) is 11.5. The normalized spacial score (nSPS) is 11.9. The van der Waals surface area contributed by atoms with Gasteiger partial charge < -0.3 is 15.9 Å². The zero-order valence-electron chi connectivity index (χ0n) is 23.0. The minimum atomic E-state index is -0.333. The molecule has 0 amide bonds. The van der Waals surface area contributed by atoms with E-state index < -0.39 is 0 Å². The summed E-state index contributed by atoms with van der Waals surface area (Å²) in [4.78, 5) is 17.2. The molecule has 0 saturated heterocycles. The Morgan fingerprint density at radius 3 is 2.03 bits per heavy atom. The van der Waals surface area contributed by atoms with E-state index in [1.807, 2.05) is 6.07 Å². The second kappa shape index (κ2) is 20.0. The summed E-state index contributed by atoms with van der Waals surface area (Å²) in [5, 5.41) is 3.23. The van der Waals surface area contributed by atoms with E-state index in [1.165, 1.54) is 12.1 Å². The van der Waals surface area contributed by atoms with E-state index in [4.69, 9.17) is 10.6 Å². The van der Waals surface area contributed by atoms with Crippen LogP contribution >= 0.6 is 0 Å². The average molecular weight is 532 g/mol. The van der Waals surface area contributed by atoms with Crippen LogP contribution in [-0.4, -0.2) is 5.97 Å². The standard InChI is InChI=1S/C33H42FN3O2/c1-2-3-4-5-6-7-8-9-10-11-12-13-14-15-16-17-18-19-33(38)39-37-32-25-24-30(26-31(32)35)36-27-28-20-22-29(34)23-21-28/h3-4,6-7,9-10,12-13,15-16,20-26,36-37H,2,5,8,11,14,17-19,27,35H2,1H3/b4-3-,7-6-,10-9-,13-12-,16-15-. The molecule has 0 atom stereocenters. The molecule has 0 saturated carbocycles. The topological polar surface area (TPSA) is 76.4 Å². The number of halogens is 1. The molecule has 0 spiro atoms. The summed E-state index contributed by atoms with van der Waals surface area (Å²) in [6.07, 6.45) is 28.4. The van der Waals surface area contributed by atoms with Gasteiger partial charge >= 0.3 is 5.97 Å². The lowest BCUT2D eigenvalue weighted by molar-refractivity contribution is -0.140. The number of nitrogen functional groups attached to an aromatic ring is 1. The largest absolute Gasteiger partial charge is 0.397 e. The number of unbranched alkanes of at least 4 members (excludes halogenated alkanes) is 1. The number of rotatable bonds is 18. The van der Waals surface area contributed by atoms with E-state index in [1.54, 1.807) is 24.3 Å². The Morgan fingerprint density at radius 2 is 1.44 bits per heavy atom. The number of benzene rings is 2. The first-order valence-corrected chi connectivity index (χ1v) is 13.7. The first kappa shape index (κ1) is 31.2.